The normalized spacial score (nSPS) is 13.4. The van der Waals surface area contributed by atoms with Crippen LogP contribution in [0.3, 0.4) is 0 Å². The summed E-state index contributed by atoms with van der Waals surface area (Å²) in [6, 6.07) is 3.52. The first-order chi connectivity index (χ1) is 8.25. The first-order valence-electron chi connectivity index (χ1n) is 5.02. The Morgan fingerprint density at radius 3 is 2.56 bits per heavy atom. The SMILES string of the molecule is CCC(Sc1cc(Br)ccc1C(F)(F)F)C(=O)O. The molecule has 0 heterocycles. The Morgan fingerprint density at radius 1 is 1.50 bits per heavy atom. The van der Waals surface area contributed by atoms with Crippen LogP contribution in [-0.4, -0.2) is 16.3 Å². The molecular weight excluding hydrogens is 333 g/mol. The molecular formula is C11H10BrF3O2S. The second-order valence-electron chi connectivity index (χ2n) is 3.49. The number of rotatable bonds is 4. The number of alkyl halides is 3. The molecule has 1 aromatic carbocycles. The van der Waals surface area contributed by atoms with Gasteiger partial charge in [-0.25, -0.2) is 0 Å². The summed E-state index contributed by atoms with van der Waals surface area (Å²) in [7, 11) is 0. The summed E-state index contributed by atoms with van der Waals surface area (Å²) in [6.07, 6.45) is -4.23. The molecule has 0 aliphatic carbocycles. The highest BCUT2D eigenvalue weighted by Gasteiger charge is 2.34. The Bertz CT molecular complexity index is 448. The van der Waals surface area contributed by atoms with E-state index in [4.69, 9.17) is 5.11 Å². The lowest BCUT2D eigenvalue weighted by Crippen LogP contribution is -2.16. The third kappa shape index (κ3) is 3.91. The van der Waals surface area contributed by atoms with Gasteiger partial charge in [0, 0.05) is 9.37 Å². The minimum atomic E-state index is -4.49. The maximum absolute atomic E-state index is 12.8. The van der Waals surface area contributed by atoms with Gasteiger partial charge < -0.3 is 5.11 Å². The van der Waals surface area contributed by atoms with E-state index in [0.29, 0.717) is 16.2 Å². The van der Waals surface area contributed by atoms with Crippen molar-refractivity contribution < 1.29 is 23.1 Å². The lowest BCUT2D eigenvalue weighted by molar-refractivity contribution is -0.140. The van der Waals surface area contributed by atoms with E-state index < -0.39 is 23.0 Å². The summed E-state index contributed by atoms with van der Waals surface area (Å²) >= 11 is 3.80. The molecule has 1 aromatic rings. The van der Waals surface area contributed by atoms with Gasteiger partial charge in [-0.15, -0.1) is 11.8 Å². The lowest BCUT2D eigenvalue weighted by atomic mass is 10.2. The fraction of sp³-hybridized carbons (Fsp3) is 0.364. The van der Waals surface area contributed by atoms with Crippen LogP contribution in [0.15, 0.2) is 27.6 Å². The van der Waals surface area contributed by atoms with E-state index in [1.165, 1.54) is 12.1 Å². The van der Waals surface area contributed by atoms with Gasteiger partial charge in [0.05, 0.1) is 5.56 Å². The largest absolute Gasteiger partial charge is 0.480 e. The molecule has 100 valence electrons. The number of carbonyl (C=O) groups is 1. The van der Waals surface area contributed by atoms with Crippen LogP contribution in [0.1, 0.15) is 18.9 Å². The highest BCUT2D eigenvalue weighted by atomic mass is 79.9. The second kappa shape index (κ2) is 5.97. The number of carboxylic acids is 1. The third-order valence-corrected chi connectivity index (χ3v) is 4.07. The van der Waals surface area contributed by atoms with E-state index >= 15 is 0 Å². The quantitative estimate of drug-likeness (QED) is 0.822. The van der Waals surface area contributed by atoms with Gasteiger partial charge in [-0.2, -0.15) is 13.2 Å². The van der Waals surface area contributed by atoms with E-state index in [2.05, 4.69) is 15.9 Å². The van der Waals surface area contributed by atoms with Crippen LogP contribution in [-0.2, 0) is 11.0 Å². The molecule has 1 rings (SSSR count). The average Bonchev–Trinajstić information content (AvgIpc) is 2.23. The molecule has 7 heteroatoms. The zero-order valence-electron chi connectivity index (χ0n) is 9.29. The first-order valence-corrected chi connectivity index (χ1v) is 6.69. The van der Waals surface area contributed by atoms with Gasteiger partial charge in [-0.3, -0.25) is 4.79 Å². The van der Waals surface area contributed by atoms with Crippen molar-refractivity contribution in [3.8, 4) is 0 Å². The minimum absolute atomic E-state index is 0.0777. The minimum Gasteiger partial charge on any atom is -0.480 e. The summed E-state index contributed by atoms with van der Waals surface area (Å²) in [5.41, 5.74) is -0.810. The monoisotopic (exact) mass is 342 g/mol. The summed E-state index contributed by atoms with van der Waals surface area (Å²) < 4.78 is 38.8. The van der Waals surface area contributed by atoms with E-state index in [-0.39, 0.29) is 11.3 Å². The lowest BCUT2D eigenvalue weighted by Gasteiger charge is -2.15. The maximum atomic E-state index is 12.8. The molecule has 0 aliphatic heterocycles. The highest BCUT2D eigenvalue weighted by Crippen LogP contribution is 2.40. The van der Waals surface area contributed by atoms with Crippen molar-refractivity contribution in [2.75, 3.05) is 0 Å². The molecule has 0 spiro atoms. The Balaban J connectivity index is 3.14. The van der Waals surface area contributed by atoms with Crippen LogP contribution >= 0.6 is 27.7 Å². The van der Waals surface area contributed by atoms with Crippen LogP contribution < -0.4 is 0 Å². The fourth-order valence-corrected chi connectivity index (χ4v) is 2.88. The van der Waals surface area contributed by atoms with Crippen molar-refractivity contribution in [2.24, 2.45) is 0 Å². The topological polar surface area (TPSA) is 37.3 Å². The van der Waals surface area contributed by atoms with Crippen molar-refractivity contribution in [3.63, 3.8) is 0 Å². The summed E-state index contributed by atoms with van der Waals surface area (Å²) in [5, 5.41) is 8.00. The zero-order chi connectivity index (χ0) is 13.9. The van der Waals surface area contributed by atoms with E-state index in [1.54, 1.807) is 6.92 Å². The molecule has 0 fully saturated rings. The van der Waals surface area contributed by atoms with Gasteiger partial charge in [0.1, 0.15) is 5.25 Å². The summed E-state index contributed by atoms with van der Waals surface area (Å²) in [5.74, 6) is -1.12. The zero-order valence-corrected chi connectivity index (χ0v) is 11.7. The Labute approximate surface area is 115 Å². The molecule has 1 atom stereocenters. The standard InChI is InChI=1S/C11H10BrF3O2S/c1-2-8(10(16)17)18-9-5-6(12)3-4-7(9)11(13,14)15/h3-5,8H,2H2,1H3,(H,16,17). The van der Waals surface area contributed by atoms with Crippen molar-refractivity contribution in [3.05, 3.63) is 28.2 Å². The second-order valence-corrected chi connectivity index (χ2v) is 5.65. The predicted octanol–water partition coefficient (Wildman–Crippen LogP) is 4.42. The average molecular weight is 343 g/mol. The van der Waals surface area contributed by atoms with Gasteiger partial charge in [0.15, 0.2) is 0 Å². The van der Waals surface area contributed by atoms with Crippen molar-refractivity contribution in [1.29, 1.82) is 0 Å². The van der Waals surface area contributed by atoms with E-state index in [9.17, 15) is 18.0 Å². The number of aliphatic carboxylic acids is 1. The number of carboxylic acid groups (broad SMARTS) is 1. The van der Waals surface area contributed by atoms with Gasteiger partial charge >= 0.3 is 12.1 Å². The van der Waals surface area contributed by atoms with Crippen LogP contribution in [0.5, 0.6) is 0 Å². The van der Waals surface area contributed by atoms with Gasteiger partial charge in [-0.1, -0.05) is 22.9 Å². The van der Waals surface area contributed by atoms with E-state index in [1.807, 2.05) is 0 Å². The number of halogens is 4. The van der Waals surface area contributed by atoms with Crippen LogP contribution in [0, 0.1) is 0 Å². The molecule has 1 unspecified atom stereocenters. The molecule has 0 amide bonds. The number of thioether (sulfide) groups is 1. The number of benzene rings is 1. The third-order valence-electron chi connectivity index (χ3n) is 2.16. The Hall–Kier alpha value is -0.690. The van der Waals surface area contributed by atoms with Gasteiger partial charge in [-0.05, 0) is 24.6 Å². The summed E-state index contributed by atoms with van der Waals surface area (Å²) in [4.78, 5) is 10.8. The van der Waals surface area contributed by atoms with Crippen LogP contribution in [0.2, 0.25) is 0 Å². The van der Waals surface area contributed by atoms with Crippen molar-refractivity contribution >= 4 is 33.7 Å². The molecule has 0 radical (unpaired) electrons. The number of hydrogen-bond acceptors (Lipinski definition) is 2. The predicted molar refractivity (Wildman–Crippen MR) is 66.7 cm³/mol. The first kappa shape index (κ1) is 15.4. The van der Waals surface area contributed by atoms with Crippen molar-refractivity contribution in [1.82, 2.24) is 0 Å². The highest BCUT2D eigenvalue weighted by molar-refractivity contribution is 9.10. The van der Waals surface area contributed by atoms with Gasteiger partial charge in [0.25, 0.3) is 0 Å². The van der Waals surface area contributed by atoms with Crippen molar-refractivity contribution in [2.45, 2.75) is 29.7 Å². The van der Waals surface area contributed by atoms with Crippen LogP contribution in [0.4, 0.5) is 13.2 Å². The van der Waals surface area contributed by atoms with E-state index in [0.717, 1.165) is 6.07 Å². The molecule has 2 nitrogen and oxygen atoms in total. The summed E-state index contributed by atoms with van der Waals surface area (Å²) in [6.45, 7) is 1.62. The van der Waals surface area contributed by atoms with Gasteiger partial charge in [0.2, 0.25) is 0 Å². The molecule has 0 saturated heterocycles. The maximum Gasteiger partial charge on any atom is 0.417 e. The van der Waals surface area contributed by atoms with Crippen LogP contribution in [0.25, 0.3) is 0 Å². The molecule has 0 bridgehead atoms. The Morgan fingerprint density at radius 2 is 2.11 bits per heavy atom. The number of hydrogen-bond donors (Lipinski definition) is 1. The Kier molecular flexibility index (Phi) is 5.10. The fourth-order valence-electron chi connectivity index (χ4n) is 1.29. The molecule has 0 aromatic heterocycles. The molecule has 18 heavy (non-hydrogen) atoms. The molecule has 0 saturated carbocycles. The molecule has 0 aliphatic rings. The molecule has 1 N–H and O–H groups in total. The smallest absolute Gasteiger partial charge is 0.417 e.